The van der Waals surface area contributed by atoms with Gasteiger partial charge in [-0.3, -0.25) is 9.38 Å². The summed E-state index contributed by atoms with van der Waals surface area (Å²) in [6, 6.07) is 13.9. The number of imidazole rings is 1. The molecule has 0 fully saturated rings. The number of nitrogens with zero attached hydrogens (tertiary/aromatic N) is 3. The van der Waals surface area contributed by atoms with Crippen molar-refractivity contribution in [2.75, 3.05) is 11.9 Å². The molecule has 2 N–H and O–H groups in total. The summed E-state index contributed by atoms with van der Waals surface area (Å²) in [4.78, 5) is 20.6. The first-order chi connectivity index (χ1) is 13.7. The summed E-state index contributed by atoms with van der Waals surface area (Å²) in [5.74, 6) is 0.541. The largest absolute Gasteiger partial charge is 0.508 e. The molecular formula is C21H18N4O3. The summed E-state index contributed by atoms with van der Waals surface area (Å²) in [7, 11) is 0. The number of carbonyl (C=O) groups is 1. The van der Waals surface area contributed by atoms with Crippen molar-refractivity contribution in [1.29, 1.82) is 0 Å². The number of phenolic OH excluding ortho intramolecular Hbond substituents is 1. The fraction of sp³-hybridized carbons (Fsp3) is 0.0952. The number of phenols is 1. The number of hydrogen-bond acceptors (Lipinski definition) is 6. The van der Waals surface area contributed by atoms with Gasteiger partial charge in [-0.25, -0.2) is 9.78 Å². The van der Waals surface area contributed by atoms with Crippen LogP contribution in [-0.4, -0.2) is 32.1 Å². The maximum absolute atomic E-state index is 11.8. The second kappa shape index (κ2) is 7.40. The number of carbonyl (C=O) groups excluding carboxylic acids is 1. The molecule has 2 aromatic heterocycles. The van der Waals surface area contributed by atoms with E-state index in [1.807, 2.05) is 16.7 Å². The highest BCUT2D eigenvalue weighted by atomic mass is 16.5. The first-order valence-corrected chi connectivity index (χ1v) is 8.81. The monoisotopic (exact) mass is 374 g/mol. The molecule has 0 saturated carbocycles. The molecule has 0 atom stereocenters. The number of ether oxygens (including phenoxy) is 1. The van der Waals surface area contributed by atoms with Gasteiger partial charge in [0.15, 0.2) is 5.65 Å². The Morgan fingerprint density at radius 3 is 2.79 bits per heavy atom. The van der Waals surface area contributed by atoms with E-state index in [2.05, 4.69) is 15.3 Å². The number of esters is 1. The molecular weight excluding hydrogens is 356 g/mol. The molecule has 0 saturated heterocycles. The molecule has 0 bridgehead atoms. The van der Waals surface area contributed by atoms with Crippen LogP contribution in [0.5, 0.6) is 5.75 Å². The van der Waals surface area contributed by atoms with Crippen LogP contribution < -0.4 is 5.32 Å². The first kappa shape index (κ1) is 17.5. The number of aromatic hydroxyl groups is 1. The minimum absolute atomic E-state index is 0.164. The number of hydrogen-bond donors (Lipinski definition) is 2. The van der Waals surface area contributed by atoms with E-state index in [-0.39, 0.29) is 11.7 Å². The van der Waals surface area contributed by atoms with Crippen molar-refractivity contribution in [1.82, 2.24) is 14.4 Å². The first-order valence-electron chi connectivity index (χ1n) is 8.81. The van der Waals surface area contributed by atoms with Crippen molar-refractivity contribution >= 4 is 23.1 Å². The van der Waals surface area contributed by atoms with Crippen molar-refractivity contribution in [3.63, 3.8) is 0 Å². The van der Waals surface area contributed by atoms with Gasteiger partial charge in [-0.2, -0.15) is 0 Å². The van der Waals surface area contributed by atoms with Gasteiger partial charge >= 0.3 is 5.97 Å². The second-order valence-electron chi connectivity index (χ2n) is 6.09. The number of rotatable bonds is 5. The Labute approximate surface area is 161 Å². The van der Waals surface area contributed by atoms with E-state index in [0.717, 1.165) is 17.1 Å². The molecule has 140 valence electrons. The summed E-state index contributed by atoms with van der Waals surface area (Å²) in [5, 5.41) is 13.2. The van der Waals surface area contributed by atoms with Crippen molar-refractivity contribution in [3.8, 4) is 17.0 Å². The van der Waals surface area contributed by atoms with E-state index in [4.69, 9.17) is 4.74 Å². The zero-order chi connectivity index (χ0) is 19.5. The number of aromatic nitrogens is 3. The summed E-state index contributed by atoms with van der Waals surface area (Å²) in [5.41, 5.74) is 3.40. The van der Waals surface area contributed by atoms with Crippen LogP contribution in [0.25, 0.3) is 16.9 Å². The number of anilines is 2. The van der Waals surface area contributed by atoms with Crippen LogP contribution in [0.15, 0.2) is 67.1 Å². The van der Waals surface area contributed by atoms with Gasteiger partial charge in [-0.1, -0.05) is 12.1 Å². The molecule has 7 nitrogen and oxygen atoms in total. The number of nitrogens with one attached hydrogen (secondary N) is 1. The van der Waals surface area contributed by atoms with E-state index in [9.17, 15) is 9.90 Å². The Morgan fingerprint density at radius 2 is 2.04 bits per heavy atom. The third kappa shape index (κ3) is 3.37. The maximum atomic E-state index is 11.8. The Balaban J connectivity index is 1.74. The van der Waals surface area contributed by atoms with Crippen molar-refractivity contribution in [2.24, 2.45) is 0 Å². The Bertz CT molecular complexity index is 1140. The summed E-state index contributed by atoms with van der Waals surface area (Å²) < 4.78 is 6.90. The Morgan fingerprint density at radius 1 is 1.21 bits per heavy atom. The van der Waals surface area contributed by atoms with Gasteiger partial charge in [0.05, 0.1) is 18.4 Å². The van der Waals surface area contributed by atoms with Crippen molar-refractivity contribution in [3.05, 3.63) is 72.7 Å². The predicted octanol–water partition coefficient (Wildman–Crippen LogP) is 4.02. The van der Waals surface area contributed by atoms with E-state index in [1.165, 1.54) is 0 Å². The highest BCUT2D eigenvalue weighted by molar-refractivity contribution is 5.90. The van der Waals surface area contributed by atoms with Gasteiger partial charge in [0.1, 0.15) is 17.3 Å². The minimum atomic E-state index is -0.352. The molecule has 0 aliphatic heterocycles. The Hall–Kier alpha value is -3.87. The zero-order valence-corrected chi connectivity index (χ0v) is 15.2. The molecule has 0 unspecified atom stereocenters. The number of fused-ring (bicyclic) bond motifs is 1. The highest BCUT2D eigenvalue weighted by Gasteiger charge is 2.15. The lowest BCUT2D eigenvalue weighted by Crippen LogP contribution is -2.04. The molecule has 7 heteroatoms. The third-order valence-electron chi connectivity index (χ3n) is 4.21. The third-order valence-corrected chi connectivity index (χ3v) is 4.21. The lowest BCUT2D eigenvalue weighted by molar-refractivity contribution is 0.0526. The average molecular weight is 374 g/mol. The molecule has 4 rings (SSSR count). The lowest BCUT2D eigenvalue weighted by Gasteiger charge is -2.10. The van der Waals surface area contributed by atoms with Crippen LogP contribution in [0.3, 0.4) is 0 Å². The van der Waals surface area contributed by atoms with Crippen LogP contribution in [0.1, 0.15) is 17.3 Å². The average Bonchev–Trinajstić information content (AvgIpc) is 3.07. The summed E-state index contributed by atoms with van der Waals surface area (Å²) in [6.45, 7) is 2.11. The van der Waals surface area contributed by atoms with E-state index < -0.39 is 0 Å². The van der Waals surface area contributed by atoms with Crippen molar-refractivity contribution < 1.29 is 14.6 Å². The highest BCUT2D eigenvalue weighted by Crippen LogP contribution is 2.32. The molecule has 28 heavy (non-hydrogen) atoms. The van der Waals surface area contributed by atoms with Gasteiger partial charge in [0.2, 0.25) is 0 Å². The molecule has 0 radical (unpaired) electrons. The fourth-order valence-corrected chi connectivity index (χ4v) is 2.92. The second-order valence-corrected chi connectivity index (χ2v) is 6.09. The van der Waals surface area contributed by atoms with Crippen molar-refractivity contribution in [2.45, 2.75) is 6.92 Å². The molecule has 0 aliphatic carbocycles. The van der Waals surface area contributed by atoms with Gasteiger partial charge in [0, 0.05) is 23.6 Å². The quantitative estimate of drug-likeness (QED) is 0.513. The summed E-state index contributed by atoms with van der Waals surface area (Å²) >= 11 is 0. The van der Waals surface area contributed by atoms with Crippen LogP contribution >= 0.6 is 0 Å². The van der Waals surface area contributed by atoms with Crippen LogP contribution in [0.2, 0.25) is 0 Å². The molecule has 2 aromatic carbocycles. The predicted molar refractivity (Wildman–Crippen MR) is 106 cm³/mol. The van der Waals surface area contributed by atoms with Crippen LogP contribution in [-0.2, 0) is 4.74 Å². The molecule has 0 aliphatic rings. The number of benzene rings is 2. The lowest BCUT2D eigenvalue weighted by atomic mass is 10.1. The fourth-order valence-electron chi connectivity index (χ4n) is 2.92. The molecule has 2 heterocycles. The zero-order valence-electron chi connectivity index (χ0n) is 15.2. The minimum Gasteiger partial charge on any atom is -0.508 e. The van der Waals surface area contributed by atoms with Gasteiger partial charge in [-0.15, -0.1) is 0 Å². The van der Waals surface area contributed by atoms with Gasteiger partial charge in [0.25, 0.3) is 0 Å². The van der Waals surface area contributed by atoms with E-state index >= 15 is 0 Å². The smallest absolute Gasteiger partial charge is 0.338 e. The summed E-state index contributed by atoms with van der Waals surface area (Å²) in [6.07, 6.45) is 5.15. The normalized spacial score (nSPS) is 10.8. The molecule has 0 spiro atoms. The Kier molecular flexibility index (Phi) is 4.63. The van der Waals surface area contributed by atoms with E-state index in [1.54, 1.807) is 61.8 Å². The van der Waals surface area contributed by atoms with Gasteiger partial charge in [-0.05, 0) is 43.3 Å². The standard InChI is InChI=1S/C21H18N4O3/c1-2-28-21(27)14-6-8-16(9-7-14)23-20-19(15-4-3-5-17(26)12-15)24-18-13-22-10-11-25(18)20/h3-13,23,26H,2H2,1H3. The molecule has 4 aromatic rings. The SMILES string of the molecule is CCOC(=O)c1ccc(Nc2c(-c3cccc(O)c3)nc3cnccn23)cc1. The van der Waals surface area contributed by atoms with Crippen LogP contribution in [0.4, 0.5) is 11.5 Å². The van der Waals surface area contributed by atoms with Crippen LogP contribution in [0, 0.1) is 0 Å². The van der Waals surface area contributed by atoms with Gasteiger partial charge < -0.3 is 15.2 Å². The van der Waals surface area contributed by atoms with E-state index in [0.29, 0.717) is 23.5 Å². The topological polar surface area (TPSA) is 88.8 Å². The maximum Gasteiger partial charge on any atom is 0.338 e. The molecule has 0 amide bonds.